The van der Waals surface area contributed by atoms with Crippen molar-refractivity contribution in [1.29, 1.82) is 0 Å². The predicted octanol–water partition coefficient (Wildman–Crippen LogP) is 2.74. The number of benzene rings is 1. The van der Waals surface area contributed by atoms with E-state index in [1.807, 2.05) is 6.07 Å². The number of hydrogen-bond donors (Lipinski definition) is 1. The van der Waals surface area contributed by atoms with Crippen molar-refractivity contribution in [3.63, 3.8) is 0 Å². The standard InChI is InChI=1S/C12H16O2/c1-8(2)11-6-4-9-3-5-10(13)7-12(9)14-11/h3,5,7-8,11,13H,4,6H2,1-2H3. The summed E-state index contributed by atoms with van der Waals surface area (Å²) in [5, 5.41) is 9.33. The van der Waals surface area contributed by atoms with E-state index in [-0.39, 0.29) is 5.75 Å². The lowest BCUT2D eigenvalue weighted by Gasteiger charge is -2.28. The van der Waals surface area contributed by atoms with Crippen LogP contribution in [0.5, 0.6) is 11.5 Å². The zero-order chi connectivity index (χ0) is 10.1. The van der Waals surface area contributed by atoms with Crippen LogP contribution in [0.15, 0.2) is 18.2 Å². The Kier molecular flexibility index (Phi) is 2.36. The minimum absolute atomic E-state index is 0.285. The van der Waals surface area contributed by atoms with Gasteiger partial charge in [-0.3, -0.25) is 0 Å². The van der Waals surface area contributed by atoms with Crippen molar-refractivity contribution in [3.8, 4) is 11.5 Å². The maximum atomic E-state index is 9.33. The monoisotopic (exact) mass is 192 g/mol. The molecule has 1 aromatic rings. The third-order valence-corrected chi connectivity index (χ3v) is 2.77. The van der Waals surface area contributed by atoms with Gasteiger partial charge in [-0.05, 0) is 30.4 Å². The van der Waals surface area contributed by atoms with Crippen molar-refractivity contribution in [1.82, 2.24) is 0 Å². The highest BCUT2D eigenvalue weighted by atomic mass is 16.5. The Morgan fingerprint density at radius 2 is 2.21 bits per heavy atom. The Balaban J connectivity index is 2.24. The van der Waals surface area contributed by atoms with Crippen molar-refractivity contribution >= 4 is 0 Å². The molecule has 1 aromatic carbocycles. The zero-order valence-electron chi connectivity index (χ0n) is 8.66. The third kappa shape index (κ3) is 1.69. The van der Waals surface area contributed by atoms with E-state index in [0.717, 1.165) is 18.6 Å². The number of hydrogen-bond acceptors (Lipinski definition) is 2. The van der Waals surface area contributed by atoms with E-state index in [2.05, 4.69) is 13.8 Å². The maximum absolute atomic E-state index is 9.33. The van der Waals surface area contributed by atoms with E-state index in [1.54, 1.807) is 12.1 Å². The lowest BCUT2D eigenvalue weighted by atomic mass is 9.95. The number of aryl methyl sites for hydroxylation is 1. The minimum atomic E-state index is 0.285. The average molecular weight is 192 g/mol. The molecule has 1 aliphatic rings. The molecule has 0 aromatic heterocycles. The topological polar surface area (TPSA) is 29.5 Å². The van der Waals surface area contributed by atoms with Crippen molar-refractivity contribution in [2.75, 3.05) is 0 Å². The number of aromatic hydroxyl groups is 1. The minimum Gasteiger partial charge on any atom is -0.508 e. The second-order valence-corrected chi connectivity index (χ2v) is 4.23. The van der Waals surface area contributed by atoms with Crippen LogP contribution in [0.4, 0.5) is 0 Å². The Hall–Kier alpha value is -1.18. The fourth-order valence-corrected chi connectivity index (χ4v) is 1.85. The predicted molar refractivity (Wildman–Crippen MR) is 55.7 cm³/mol. The zero-order valence-corrected chi connectivity index (χ0v) is 8.66. The molecule has 14 heavy (non-hydrogen) atoms. The molecular formula is C12H16O2. The van der Waals surface area contributed by atoms with E-state index in [4.69, 9.17) is 4.74 Å². The van der Waals surface area contributed by atoms with E-state index >= 15 is 0 Å². The number of ether oxygens (including phenoxy) is 1. The summed E-state index contributed by atoms with van der Waals surface area (Å²) in [6.45, 7) is 4.33. The quantitative estimate of drug-likeness (QED) is 0.741. The van der Waals surface area contributed by atoms with Crippen LogP contribution in [0.3, 0.4) is 0 Å². The summed E-state index contributed by atoms with van der Waals surface area (Å²) in [5.41, 5.74) is 1.21. The maximum Gasteiger partial charge on any atom is 0.126 e. The molecule has 1 aliphatic heterocycles. The van der Waals surface area contributed by atoms with E-state index in [1.165, 1.54) is 5.56 Å². The van der Waals surface area contributed by atoms with Crippen molar-refractivity contribution in [2.45, 2.75) is 32.8 Å². The molecule has 0 saturated heterocycles. The van der Waals surface area contributed by atoms with Crippen LogP contribution in [0.2, 0.25) is 0 Å². The lowest BCUT2D eigenvalue weighted by Crippen LogP contribution is -2.27. The highest BCUT2D eigenvalue weighted by molar-refractivity contribution is 5.41. The molecule has 1 N–H and O–H groups in total. The molecule has 2 nitrogen and oxygen atoms in total. The fraction of sp³-hybridized carbons (Fsp3) is 0.500. The van der Waals surface area contributed by atoms with Crippen LogP contribution in [-0.2, 0) is 6.42 Å². The number of fused-ring (bicyclic) bond motifs is 1. The van der Waals surface area contributed by atoms with Gasteiger partial charge in [0, 0.05) is 6.07 Å². The van der Waals surface area contributed by atoms with Gasteiger partial charge in [0.05, 0.1) is 0 Å². The largest absolute Gasteiger partial charge is 0.508 e. The van der Waals surface area contributed by atoms with E-state index in [9.17, 15) is 5.11 Å². The molecule has 0 spiro atoms. The highest BCUT2D eigenvalue weighted by Crippen LogP contribution is 2.32. The van der Waals surface area contributed by atoms with Crippen molar-refractivity contribution in [3.05, 3.63) is 23.8 Å². The number of rotatable bonds is 1. The van der Waals surface area contributed by atoms with E-state index in [0.29, 0.717) is 12.0 Å². The van der Waals surface area contributed by atoms with Gasteiger partial charge in [0.25, 0.3) is 0 Å². The SMILES string of the molecule is CC(C)C1CCc2ccc(O)cc2O1. The average Bonchev–Trinajstić information content (AvgIpc) is 2.16. The van der Waals surface area contributed by atoms with Gasteiger partial charge in [-0.25, -0.2) is 0 Å². The van der Waals surface area contributed by atoms with Crippen LogP contribution < -0.4 is 4.74 Å². The van der Waals surface area contributed by atoms with Gasteiger partial charge in [0.1, 0.15) is 17.6 Å². The molecule has 0 radical (unpaired) electrons. The van der Waals surface area contributed by atoms with Gasteiger partial charge in [-0.2, -0.15) is 0 Å². The Bertz CT molecular complexity index is 331. The first-order chi connectivity index (χ1) is 6.66. The van der Waals surface area contributed by atoms with Gasteiger partial charge in [0.2, 0.25) is 0 Å². The molecule has 1 atom stereocenters. The molecule has 1 unspecified atom stereocenters. The molecule has 2 heteroatoms. The Morgan fingerprint density at radius 1 is 1.43 bits per heavy atom. The van der Waals surface area contributed by atoms with Crippen LogP contribution in [0.25, 0.3) is 0 Å². The number of phenolic OH excluding ortho intramolecular Hbond substituents is 1. The van der Waals surface area contributed by atoms with Crippen molar-refractivity contribution in [2.24, 2.45) is 5.92 Å². The molecule has 0 saturated carbocycles. The van der Waals surface area contributed by atoms with Gasteiger partial charge in [-0.1, -0.05) is 19.9 Å². The highest BCUT2D eigenvalue weighted by Gasteiger charge is 2.22. The van der Waals surface area contributed by atoms with Crippen LogP contribution in [0, 0.1) is 5.92 Å². The summed E-state index contributed by atoms with van der Waals surface area (Å²) in [5.74, 6) is 1.67. The fourth-order valence-electron chi connectivity index (χ4n) is 1.85. The summed E-state index contributed by atoms with van der Waals surface area (Å²) in [7, 11) is 0. The molecule has 0 bridgehead atoms. The second-order valence-electron chi connectivity index (χ2n) is 4.23. The summed E-state index contributed by atoms with van der Waals surface area (Å²) in [6, 6.07) is 5.38. The Morgan fingerprint density at radius 3 is 2.93 bits per heavy atom. The lowest BCUT2D eigenvalue weighted by molar-refractivity contribution is 0.126. The van der Waals surface area contributed by atoms with Crippen LogP contribution in [0.1, 0.15) is 25.8 Å². The van der Waals surface area contributed by atoms with Crippen LogP contribution in [-0.4, -0.2) is 11.2 Å². The van der Waals surface area contributed by atoms with Crippen molar-refractivity contribution < 1.29 is 9.84 Å². The first kappa shape index (κ1) is 9.38. The first-order valence-electron chi connectivity index (χ1n) is 5.15. The van der Waals surface area contributed by atoms with Gasteiger partial charge in [-0.15, -0.1) is 0 Å². The molecule has 2 rings (SSSR count). The molecular weight excluding hydrogens is 176 g/mol. The summed E-state index contributed by atoms with van der Waals surface area (Å²) < 4.78 is 5.81. The smallest absolute Gasteiger partial charge is 0.126 e. The van der Waals surface area contributed by atoms with Gasteiger partial charge < -0.3 is 9.84 Å². The van der Waals surface area contributed by atoms with Gasteiger partial charge >= 0.3 is 0 Å². The molecule has 76 valence electrons. The normalized spacial score (nSPS) is 20.4. The summed E-state index contributed by atoms with van der Waals surface area (Å²) in [6.07, 6.45) is 2.43. The Labute approximate surface area is 84.5 Å². The second kappa shape index (κ2) is 3.52. The number of phenols is 1. The van der Waals surface area contributed by atoms with E-state index < -0.39 is 0 Å². The van der Waals surface area contributed by atoms with Gasteiger partial charge in [0.15, 0.2) is 0 Å². The first-order valence-corrected chi connectivity index (χ1v) is 5.15. The molecule has 0 amide bonds. The third-order valence-electron chi connectivity index (χ3n) is 2.77. The molecule has 0 aliphatic carbocycles. The molecule has 0 fully saturated rings. The summed E-state index contributed by atoms with van der Waals surface area (Å²) >= 11 is 0. The van der Waals surface area contributed by atoms with Crippen LogP contribution >= 0.6 is 0 Å². The summed E-state index contributed by atoms with van der Waals surface area (Å²) in [4.78, 5) is 0. The molecule has 1 heterocycles.